The van der Waals surface area contributed by atoms with E-state index in [9.17, 15) is 0 Å². The molecule has 1 aliphatic carbocycles. The van der Waals surface area contributed by atoms with Crippen LogP contribution in [0.5, 0.6) is 0 Å². The largest absolute Gasteiger partial charge is 0.317 e. The van der Waals surface area contributed by atoms with Gasteiger partial charge in [-0.1, -0.05) is 46.5 Å². The number of hydrogen-bond acceptors (Lipinski definition) is 1. The van der Waals surface area contributed by atoms with Crippen LogP contribution in [0.15, 0.2) is 0 Å². The highest BCUT2D eigenvalue weighted by molar-refractivity contribution is 4.60. The Balaban J connectivity index is 0.000000189. The van der Waals surface area contributed by atoms with Crippen LogP contribution in [-0.2, 0) is 0 Å². The van der Waals surface area contributed by atoms with Gasteiger partial charge in [0.15, 0.2) is 0 Å². The fourth-order valence-electron chi connectivity index (χ4n) is 1.75. The summed E-state index contributed by atoms with van der Waals surface area (Å²) >= 11 is 0. The SMILES string of the molecule is C1CCNC1.CC.CC1CCCC1. The van der Waals surface area contributed by atoms with E-state index in [2.05, 4.69) is 12.2 Å². The highest BCUT2D eigenvalue weighted by Gasteiger charge is 2.07. The Morgan fingerprint density at radius 2 is 1.31 bits per heavy atom. The molecule has 1 saturated carbocycles. The minimum Gasteiger partial charge on any atom is -0.317 e. The summed E-state index contributed by atoms with van der Waals surface area (Å²) < 4.78 is 0. The third-order valence-electron chi connectivity index (χ3n) is 2.60. The molecule has 2 fully saturated rings. The Kier molecular flexibility index (Phi) is 10.0. The second-order valence-electron chi connectivity index (χ2n) is 3.85. The minimum atomic E-state index is 1.05. The van der Waals surface area contributed by atoms with Crippen molar-refractivity contribution in [3.63, 3.8) is 0 Å². The molecule has 0 aromatic heterocycles. The summed E-state index contributed by atoms with van der Waals surface area (Å²) in [5.41, 5.74) is 0. The molecule has 2 aliphatic rings. The van der Waals surface area contributed by atoms with Crippen molar-refractivity contribution in [3.05, 3.63) is 0 Å². The van der Waals surface area contributed by atoms with Gasteiger partial charge in [0.2, 0.25) is 0 Å². The van der Waals surface area contributed by atoms with Crippen molar-refractivity contribution in [2.24, 2.45) is 5.92 Å². The third kappa shape index (κ3) is 8.29. The first kappa shape index (κ1) is 13.0. The van der Waals surface area contributed by atoms with Gasteiger partial charge in [0.05, 0.1) is 0 Å². The highest BCUT2D eigenvalue weighted by Crippen LogP contribution is 2.22. The van der Waals surface area contributed by atoms with Crippen molar-refractivity contribution in [2.75, 3.05) is 13.1 Å². The van der Waals surface area contributed by atoms with Crippen molar-refractivity contribution in [1.29, 1.82) is 0 Å². The van der Waals surface area contributed by atoms with Crippen molar-refractivity contribution < 1.29 is 0 Å². The molecule has 0 unspecified atom stereocenters. The van der Waals surface area contributed by atoms with Gasteiger partial charge in [0.25, 0.3) is 0 Å². The Labute approximate surface area is 84.3 Å². The van der Waals surface area contributed by atoms with Gasteiger partial charge in [-0.05, 0) is 31.8 Å². The molecule has 80 valence electrons. The van der Waals surface area contributed by atoms with Gasteiger partial charge >= 0.3 is 0 Å². The van der Waals surface area contributed by atoms with Crippen LogP contribution in [-0.4, -0.2) is 13.1 Å². The van der Waals surface area contributed by atoms with Gasteiger partial charge in [0, 0.05) is 0 Å². The molecule has 0 aromatic carbocycles. The van der Waals surface area contributed by atoms with E-state index in [4.69, 9.17) is 0 Å². The lowest BCUT2D eigenvalue weighted by Crippen LogP contribution is -2.03. The van der Waals surface area contributed by atoms with E-state index in [1.807, 2.05) is 13.8 Å². The van der Waals surface area contributed by atoms with E-state index in [1.54, 1.807) is 0 Å². The van der Waals surface area contributed by atoms with Gasteiger partial charge in [-0.15, -0.1) is 0 Å². The lowest BCUT2D eigenvalue weighted by Gasteiger charge is -1.91. The van der Waals surface area contributed by atoms with Gasteiger partial charge in [-0.3, -0.25) is 0 Å². The third-order valence-corrected chi connectivity index (χ3v) is 2.60. The molecule has 0 bridgehead atoms. The summed E-state index contributed by atoms with van der Waals surface area (Å²) in [5.74, 6) is 1.05. The summed E-state index contributed by atoms with van der Waals surface area (Å²) in [4.78, 5) is 0. The molecule has 1 heteroatoms. The maximum atomic E-state index is 3.22. The Hall–Kier alpha value is -0.0400. The van der Waals surface area contributed by atoms with Crippen molar-refractivity contribution in [2.45, 2.75) is 59.3 Å². The van der Waals surface area contributed by atoms with Crippen LogP contribution in [0.3, 0.4) is 0 Å². The van der Waals surface area contributed by atoms with Crippen LogP contribution >= 0.6 is 0 Å². The topological polar surface area (TPSA) is 12.0 Å². The lowest BCUT2D eigenvalue weighted by molar-refractivity contribution is 0.612. The van der Waals surface area contributed by atoms with Crippen LogP contribution in [0.1, 0.15) is 59.3 Å². The molecule has 0 amide bonds. The van der Waals surface area contributed by atoms with Gasteiger partial charge in [0.1, 0.15) is 0 Å². The van der Waals surface area contributed by atoms with Crippen LogP contribution in [0.4, 0.5) is 0 Å². The van der Waals surface area contributed by atoms with Gasteiger partial charge in [-0.25, -0.2) is 0 Å². The molecule has 2 rings (SSSR count). The molecule has 0 radical (unpaired) electrons. The van der Waals surface area contributed by atoms with E-state index in [0.717, 1.165) is 5.92 Å². The molecule has 1 aliphatic heterocycles. The Morgan fingerprint density at radius 3 is 1.46 bits per heavy atom. The second-order valence-corrected chi connectivity index (χ2v) is 3.85. The smallest absolute Gasteiger partial charge is 0.00484 e. The zero-order valence-corrected chi connectivity index (χ0v) is 9.73. The van der Waals surface area contributed by atoms with Gasteiger partial charge in [-0.2, -0.15) is 0 Å². The summed E-state index contributed by atoms with van der Waals surface area (Å²) in [7, 11) is 0. The first-order valence-corrected chi connectivity index (χ1v) is 6.10. The first-order chi connectivity index (χ1) is 6.39. The summed E-state index contributed by atoms with van der Waals surface area (Å²) in [6, 6.07) is 0. The molecule has 0 aromatic rings. The number of hydrogen-bond donors (Lipinski definition) is 1. The highest BCUT2D eigenvalue weighted by atomic mass is 14.9. The zero-order chi connectivity index (χ0) is 9.94. The minimum absolute atomic E-state index is 1.05. The summed E-state index contributed by atoms with van der Waals surface area (Å²) in [6.07, 6.45) is 8.72. The van der Waals surface area contributed by atoms with E-state index >= 15 is 0 Å². The Morgan fingerprint density at radius 1 is 0.846 bits per heavy atom. The molecule has 1 heterocycles. The molecule has 1 saturated heterocycles. The number of rotatable bonds is 0. The lowest BCUT2D eigenvalue weighted by atomic mass is 10.2. The molecule has 0 atom stereocenters. The van der Waals surface area contributed by atoms with Crippen molar-refractivity contribution in [3.8, 4) is 0 Å². The maximum absolute atomic E-state index is 3.22. The predicted molar refractivity (Wildman–Crippen MR) is 61.1 cm³/mol. The average Bonchev–Trinajstić information content (AvgIpc) is 2.81. The van der Waals surface area contributed by atoms with E-state index < -0.39 is 0 Å². The zero-order valence-electron chi connectivity index (χ0n) is 9.73. The fraction of sp³-hybridized carbons (Fsp3) is 1.00. The van der Waals surface area contributed by atoms with E-state index in [0.29, 0.717) is 0 Å². The monoisotopic (exact) mass is 185 g/mol. The fourth-order valence-corrected chi connectivity index (χ4v) is 1.75. The van der Waals surface area contributed by atoms with Crippen LogP contribution in [0, 0.1) is 5.92 Å². The van der Waals surface area contributed by atoms with Crippen LogP contribution < -0.4 is 5.32 Å². The van der Waals surface area contributed by atoms with Crippen molar-refractivity contribution in [1.82, 2.24) is 5.32 Å². The Bertz CT molecular complexity index is 73.5. The molecular formula is C12H27N. The normalized spacial score (nSPS) is 21.5. The van der Waals surface area contributed by atoms with E-state index in [1.165, 1.54) is 51.6 Å². The van der Waals surface area contributed by atoms with Crippen LogP contribution in [0.25, 0.3) is 0 Å². The average molecular weight is 185 g/mol. The molecular weight excluding hydrogens is 158 g/mol. The predicted octanol–water partition coefficient (Wildman–Crippen LogP) is 3.59. The van der Waals surface area contributed by atoms with Crippen molar-refractivity contribution >= 4 is 0 Å². The molecule has 1 N–H and O–H groups in total. The summed E-state index contributed by atoms with van der Waals surface area (Å²) in [5, 5.41) is 3.22. The second kappa shape index (κ2) is 10.0. The summed E-state index contributed by atoms with van der Waals surface area (Å²) in [6.45, 7) is 8.84. The standard InChI is InChI=1S/C6H12.C4H9N.C2H6/c1-6-4-2-3-5-6;1-2-4-5-3-1;1-2/h6H,2-5H2,1H3;5H,1-4H2;1-2H3. The van der Waals surface area contributed by atoms with E-state index in [-0.39, 0.29) is 0 Å². The van der Waals surface area contributed by atoms with Crippen LogP contribution in [0.2, 0.25) is 0 Å². The number of nitrogens with one attached hydrogen (secondary N) is 1. The molecule has 13 heavy (non-hydrogen) atoms. The quantitative estimate of drug-likeness (QED) is 0.608. The first-order valence-electron chi connectivity index (χ1n) is 6.10. The molecule has 0 spiro atoms. The maximum Gasteiger partial charge on any atom is -0.00484 e. The van der Waals surface area contributed by atoms with Gasteiger partial charge < -0.3 is 5.32 Å². The molecule has 1 nitrogen and oxygen atoms in total.